The zero-order valence-electron chi connectivity index (χ0n) is 18.8. The Labute approximate surface area is 180 Å². The van der Waals surface area contributed by atoms with Crippen molar-refractivity contribution in [2.24, 2.45) is 0 Å². The molecule has 0 saturated heterocycles. The van der Waals surface area contributed by atoms with E-state index in [1.807, 2.05) is 6.92 Å². The maximum Gasteiger partial charge on any atom is 0.409 e. The summed E-state index contributed by atoms with van der Waals surface area (Å²) in [6, 6.07) is 4.70. The normalized spacial score (nSPS) is 19.2. The van der Waals surface area contributed by atoms with Gasteiger partial charge in [0.2, 0.25) is 0 Å². The maximum atomic E-state index is 12.6. The summed E-state index contributed by atoms with van der Waals surface area (Å²) in [5.74, 6) is 0.873. The highest BCUT2D eigenvalue weighted by atomic mass is 16.6. The summed E-state index contributed by atoms with van der Waals surface area (Å²) in [4.78, 5) is 40.2. The zero-order chi connectivity index (χ0) is 23.1. The number of nitrogens with zero attached hydrogens (tertiary/aromatic N) is 2. The smallest absolute Gasteiger partial charge is 0.409 e. The van der Waals surface area contributed by atoms with Gasteiger partial charge in [-0.1, -0.05) is 6.92 Å². The topological polar surface area (TPSA) is 98.5 Å². The van der Waals surface area contributed by atoms with Gasteiger partial charge in [0.25, 0.3) is 0 Å². The van der Waals surface area contributed by atoms with Crippen molar-refractivity contribution in [2.45, 2.75) is 45.0 Å². The Balaban J connectivity index is 2.28. The Morgan fingerprint density at radius 3 is 2.26 bits per heavy atom. The fourth-order valence-corrected chi connectivity index (χ4v) is 3.41. The first kappa shape index (κ1) is 22.5. The van der Waals surface area contributed by atoms with Crippen molar-refractivity contribution in [1.29, 1.82) is 0 Å². The van der Waals surface area contributed by atoms with Crippen molar-refractivity contribution in [2.75, 3.05) is 28.2 Å². The number of benzene rings is 1. The first-order valence-corrected chi connectivity index (χ1v) is 10.0. The number of amides is 2. The summed E-state index contributed by atoms with van der Waals surface area (Å²) in [6.07, 6.45) is -2.81. The lowest BCUT2D eigenvalue weighted by atomic mass is 9.87. The summed E-state index contributed by atoms with van der Waals surface area (Å²) >= 11 is 0. The van der Waals surface area contributed by atoms with E-state index in [1.54, 1.807) is 54.2 Å². The van der Waals surface area contributed by atoms with Crippen LogP contribution in [0.3, 0.4) is 0 Å². The first-order chi connectivity index (χ1) is 14.5. The third kappa shape index (κ3) is 4.17. The lowest BCUT2D eigenvalue weighted by Crippen LogP contribution is -2.53. The summed E-state index contributed by atoms with van der Waals surface area (Å²) in [6.45, 7) is 5.34. The molecule has 0 spiro atoms. The fraction of sp³-hybridized carbons (Fsp3) is 0.500. The number of hydrogen-bond acceptors (Lipinski definition) is 7. The van der Waals surface area contributed by atoms with E-state index >= 15 is 0 Å². The molecule has 1 aromatic heterocycles. The van der Waals surface area contributed by atoms with Crippen LogP contribution in [0.4, 0.5) is 9.59 Å². The molecule has 1 aromatic carbocycles. The zero-order valence-corrected chi connectivity index (χ0v) is 18.8. The van der Waals surface area contributed by atoms with Gasteiger partial charge in [-0.3, -0.25) is 4.79 Å². The standard InChI is InChI=1S/C22H28N2O7/c1-8-12-11-14(25)13-9-10-15-16(17(13)28-12)18(29-20(26)23(4)5)19(22(2,3)31-15)30-21(27)24(6)7/h9-11,18-19H,8H2,1-7H3/t18-,19-/m1/s1. The highest BCUT2D eigenvalue weighted by molar-refractivity contribution is 5.84. The molecule has 0 radical (unpaired) electrons. The van der Waals surface area contributed by atoms with E-state index in [2.05, 4.69) is 0 Å². The average molecular weight is 432 g/mol. The average Bonchev–Trinajstić information content (AvgIpc) is 2.68. The summed E-state index contributed by atoms with van der Waals surface area (Å²) < 4.78 is 23.6. The highest BCUT2D eigenvalue weighted by Crippen LogP contribution is 2.46. The molecule has 2 heterocycles. The van der Waals surface area contributed by atoms with Gasteiger partial charge >= 0.3 is 12.2 Å². The van der Waals surface area contributed by atoms with Gasteiger partial charge in [0.1, 0.15) is 22.7 Å². The molecular formula is C22H28N2O7. The van der Waals surface area contributed by atoms with Crippen LogP contribution in [0.25, 0.3) is 11.0 Å². The minimum Gasteiger partial charge on any atom is -0.483 e. The Morgan fingerprint density at radius 1 is 1.06 bits per heavy atom. The van der Waals surface area contributed by atoms with E-state index in [4.69, 9.17) is 18.6 Å². The highest BCUT2D eigenvalue weighted by Gasteiger charge is 2.50. The summed E-state index contributed by atoms with van der Waals surface area (Å²) in [5, 5.41) is 0.322. The molecule has 9 nitrogen and oxygen atoms in total. The van der Waals surface area contributed by atoms with Gasteiger partial charge in [-0.15, -0.1) is 0 Å². The molecule has 2 atom stereocenters. The van der Waals surface area contributed by atoms with Gasteiger partial charge < -0.3 is 28.4 Å². The minimum atomic E-state index is -1.06. The fourth-order valence-electron chi connectivity index (χ4n) is 3.41. The Bertz CT molecular complexity index is 1070. The maximum absolute atomic E-state index is 12.6. The van der Waals surface area contributed by atoms with Crippen molar-refractivity contribution in [1.82, 2.24) is 9.80 Å². The molecule has 168 valence electrons. The molecule has 9 heteroatoms. The number of rotatable bonds is 3. The molecule has 1 aliphatic heterocycles. The molecule has 0 aliphatic carbocycles. The van der Waals surface area contributed by atoms with Crippen LogP contribution in [0.2, 0.25) is 0 Å². The Kier molecular flexibility index (Phi) is 5.89. The Morgan fingerprint density at radius 2 is 1.68 bits per heavy atom. The lowest BCUT2D eigenvalue weighted by Gasteiger charge is -2.43. The van der Waals surface area contributed by atoms with Crippen molar-refractivity contribution < 1.29 is 28.2 Å². The van der Waals surface area contributed by atoms with Crippen LogP contribution in [-0.4, -0.2) is 61.9 Å². The van der Waals surface area contributed by atoms with E-state index in [-0.39, 0.29) is 11.0 Å². The molecule has 3 rings (SSSR count). The molecule has 2 amide bonds. The third-order valence-electron chi connectivity index (χ3n) is 5.10. The largest absolute Gasteiger partial charge is 0.483 e. The number of fused-ring (bicyclic) bond motifs is 3. The first-order valence-electron chi connectivity index (χ1n) is 10.0. The molecule has 1 aliphatic rings. The van der Waals surface area contributed by atoms with E-state index in [0.29, 0.717) is 28.9 Å². The minimum absolute atomic E-state index is 0.217. The van der Waals surface area contributed by atoms with Crippen LogP contribution < -0.4 is 10.2 Å². The predicted molar refractivity (Wildman–Crippen MR) is 113 cm³/mol. The number of carbonyl (C=O) groups is 2. The van der Waals surface area contributed by atoms with Crippen LogP contribution in [0, 0.1) is 0 Å². The quantitative estimate of drug-likeness (QED) is 0.734. The predicted octanol–water partition coefficient (Wildman–Crippen LogP) is 3.33. The van der Waals surface area contributed by atoms with Gasteiger partial charge in [-0.2, -0.15) is 0 Å². The van der Waals surface area contributed by atoms with Crippen LogP contribution >= 0.6 is 0 Å². The second-order valence-electron chi connectivity index (χ2n) is 8.39. The van der Waals surface area contributed by atoms with Gasteiger partial charge in [-0.05, 0) is 26.0 Å². The van der Waals surface area contributed by atoms with E-state index < -0.39 is 30.0 Å². The lowest BCUT2D eigenvalue weighted by molar-refractivity contribution is -0.123. The van der Waals surface area contributed by atoms with Crippen LogP contribution in [0.5, 0.6) is 5.75 Å². The molecule has 0 N–H and O–H groups in total. The molecular weight excluding hydrogens is 404 g/mol. The second-order valence-corrected chi connectivity index (χ2v) is 8.39. The summed E-state index contributed by atoms with van der Waals surface area (Å²) in [7, 11) is 6.20. The third-order valence-corrected chi connectivity index (χ3v) is 5.10. The molecule has 0 bridgehead atoms. The van der Waals surface area contributed by atoms with Gasteiger partial charge in [0.05, 0.1) is 10.9 Å². The molecule has 31 heavy (non-hydrogen) atoms. The van der Waals surface area contributed by atoms with Gasteiger partial charge in [-0.25, -0.2) is 9.59 Å². The van der Waals surface area contributed by atoms with Gasteiger partial charge in [0.15, 0.2) is 17.6 Å². The number of aryl methyl sites for hydroxylation is 1. The monoisotopic (exact) mass is 432 g/mol. The molecule has 0 unspecified atom stereocenters. The van der Waals surface area contributed by atoms with Crippen LogP contribution in [-0.2, 0) is 15.9 Å². The Hall–Kier alpha value is -3.23. The molecule has 2 aromatic rings. The van der Waals surface area contributed by atoms with Crippen LogP contribution in [0.15, 0.2) is 27.4 Å². The van der Waals surface area contributed by atoms with E-state index in [1.165, 1.54) is 15.9 Å². The van der Waals surface area contributed by atoms with E-state index in [0.717, 1.165) is 0 Å². The van der Waals surface area contributed by atoms with Crippen molar-refractivity contribution in [3.63, 3.8) is 0 Å². The molecule has 0 saturated carbocycles. The number of ether oxygens (including phenoxy) is 3. The van der Waals surface area contributed by atoms with Crippen molar-refractivity contribution in [3.8, 4) is 5.75 Å². The summed E-state index contributed by atoms with van der Waals surface area (Å²) in [5.41, 5.74) is -0.646. The van der Waals surface area contributed by atoms with Gasteiger partial charge in [0, 0.05) is 40.7 Å². The number of carbonyl (C=O) groups excluding carboxylic acids is 2. The molecule has 0 fully saturated rings. The SMILES string of the molecule is CCc1cc(=O)c2ccc3c(c2o1)[C@@H](OC(=O)N(C)C)[C@@H](OC(=O)N(C)C)C(C)(C)O3. The van der Waals surface area contributed by atoms with Crippen LogP contribution in [0.1, 0.15) is 38.2 Å². The number of hydrogen-bond donors (Lipinski definition) is 0. The van der Waals surface area contributed by atoms with Crippen molar-refractivity contribution in [3.05, 3.63) is 39.7 Å². The van der Waals surface area contributed by atoms with Crippen molar-refractivity contribution >= 4 is 23.2 Å². The second kappa shape index (κ2) is 8.13. The van der Waals surface area contributed by atoms with E-state index in [9.17, 15) is 14.4 Å².